The molecule has 2 rings (SSSR count). The number of hydrogen-bond donors (Lipinski definition) is 0. The molecule has 0 aliphatic carbocycles. The van der Waals surface area contributed by atoms with Gasteiger partial charge in [-0.15, -0.1) is 0 Å². The minimum absolute atomic E-state index is 0.182. The van der Waals surface area contributed by atoms with Gasteiger partial charge in [-0.3, -0.25) is 10.1 Å². The maximum Gasteiger partial charge on any atom is 0.330 e. The minimum atomic E-state index is -3.76. The fourth-order valence-electron chi connectivity index (χ4n) is 1.87. The highest BCUT2D eigenvalue weighted by Crippen LogP contribution is 2.38. The zero-order valence-corrected chi connectivity index (χ0v) is 13.3. The Morgan fingerprint density at radius 1 is 1.18 bits per heavy atom. The fourth-order valence-corrected chi connectivity index (χ4v) is 3.00. The lowest BCUT2D eigenvalue weighted by atomic mass is 10.2. The van der Waals surface area contributed by atoms with Crippen molar-refractivity contribution in [1.82, 2.24) is 0 Å². The lowest BCUT2D eigenvalue weighted by Crippen LogP contribution is -2.04. The van der Waals surface area contributed by atoms with E-state index in [0.29, 0.717) is 0 Å². The Morgan fingerprint density at radius 3 is 2.41 bits per heavy atom. The summed E-state index contributed by atoms with van der Waals surface area (Å²) in [5.41, 5.74) is 0.290. The third kappa shape index (κ3) is 3.37. The molecule has 8 heteroatoms. The van der Waals surface area contributed by atoms with Crippen LogP contribution in [0.4, 0.5) is 5.69 Å². The third-order valence-corrected chi connectivity index (χ3v) is 4.28. The molecule has 0 unspecified atom stereocenters. The van der Waals surface area contributed by atoms with Gasteiger partial charge >= 0.3 is 5.69 Å². The van der Waals surface area contributed by atoms with Crippen LogP contribution in [0.2, 0.25) is 5.02 Å². The Bertz CT molecular complexity index is 848. The van der Waals surface area contributed by atoms with Crippen molar-refractivity contribution >= 4 is 27.1 Å². The van der Waals surface area contributed by atoms with Crippen LogP contribution in [0, 0.1) is 17.0 Å². The highest BCUT2D eigenvalue weighted by Gasteiger charge is 2.27. The van der Waals surface area contributed by atoms with E-state index in [4.69, 9.17) is 16.3 Å². The number of halogens is 1. The number of nitro groups is 1. The molecule has 0 aliphatic heterocycles. The number of sulfone groups is 1. The summed E-state index contributed by atoms with van der Waals surface area (Å²) in [5, 5.41) is 11.5. The molecule has 0 amide bonds. The first-order valence-corrected chi connectivity index (χ1v) is 8.38. The molecule has 0 bridgehead atoms. The van der Waals surface area contributed by atoms with E-state index < -0.39 is 25.3 Å². The number of ether oxygens (including phenoxy) is 1. The number of hydrogen-bond acceptors (Lipinski definition) is 5. The molecule has 0 radical (unpaired) electrons. The Morgan fingerprint density at radius 2 is 1.86 bits per heavy atom. The molecule has 0 aromatic heterocycles. The number of para-hydroxylation sites is 1. The van der Waals surface area contributed by atoms with Gasteiger partial charge in [0.1, 0.15) is 10.6 Å². The molecule has 0 saturated carbocycles. The van der Waals surface area contributed by atoms with Gasteiger partial charge in [-0.2, -0.15) is 0 Å². The zero-order chi connectivity index (χ0) is 16.5. The smallest absolute Gasteiger partial charge is 0.330 e. The Balaban J connectivity index is 2.59. The van der Waals surface area contributed by atoms with Crippen LogP contribution in [0.5, 0.6) is 11.5 Å². The average molecular weight is 342 g/mol. The molecular weight excluding hydrogens is 330 g/mol. The van der Waals surface area contributed by atoms with E-state index in [-0.39, 0.29) is 16.5 Å². The molecule has 0 spiro atoms. The average Bonchev–Trinajstić information content (AvgIpc) is 2.40. The third-order valence-electron chi connectivity index (χ3n) is 2.85. The van der Waals surface area contributed by atoms with Crippen LogP contribution < -0.4 is 4.74 Å². The van der Waals surface area contributed by atoms with Crippen molar-refractivity contribution in [2.24, 2.45) is 0 Å². The quantitative estimate of drug-likeness (QED) is 0.624. The van der Waals surface area contributed by atoms with Crippen LogP contribution in [0.3, 0.4) is 0 Å². The first-order valence-electron chi connectivity index (χ1n) is 6.11. The van der Waals surface area contributed by atoms with Gasteiger partial charge in [0.05, 0.1) is 9.95 Å². The number of rotatable bonds is 4. The Hall–Kier alpha value is -2.12. The highest BCUT2D eigenvalue weighted by molar-refractivity contribution is 7.90. The van der Waals surface area contributed by atoms with E-state index in [0.717, 1.165) is 17.9 Å². The van der Waals surface area contributed by atoms with Crippen LogP contribution in [-0.4, -0.2) is 19.6 Å². The summed E-state index contributed by atoms with van der Waals surface area (Å²) < 4.78 is 28.8. The first-order chi connectivity index (χ1) is 10.2. The molecule has 0 aliphatic rings. The summed E-state index contributed by atoms with van der Waals surface area (Å²) >= 11 is 6.03. The van der Waals surface area contributed by atoms with Gasteiger partial charge in [-0.05, 0) is 36.8 Å². The van der Waals surface area contributed by atoms with Crippen molar-refractivity contribution in [2.75, 3.05) is 6.26 Å². The van der Waals surface area contributed by atoms with E-state index in [1.54, 1.807) is 18.2 Å². The van der Waals surface area contributed by atoms with Gasteiger partial charge in [-0.25, -0.2) is 8.42 Å². The summed E-state index contributed by atoms with van der Waals surface area (Å²) in [6, 6.07) is 8.80. The SMILES string of the molecule is Cc1ccc(Oc2cccc(S(C)(=O)=O)c2[N+](=O)[O-])c(Cl)c1. The zero-order valence-electron chi connectivity index (χ0n) is 11.7. The molecule has 2 aromatic carbocycles. The van der Waals surface area contributed by atoms with Crippen LogP contribution >= 0.6 is 11.6 Å². The van der Waals surface area contributed by atoms with Crippen molar-refractivity contribution in [3.63, 3.8) is 0 Å². The monoisotopic (exact) mass is 341 g/mol. The summed E-state index contributed by atoms with van der Waals surface area (Å²) in [4.78, 5) is 10.1. The van der Waals surface area contributed by atoms with Crippen LogP contribution in [0.1, 0.15) is 5.56 Å². The van der Waals surface area contributed by atoms with Gasteiger partial charge < -0.3 is 4.74 Å². The normalized spacial score (nSPS) is 11.2. The van der Waals surface area contributed by atoms with Gasteiger partial charge in [0, 0.05) is 6.26 Å². The molecule has 22 heavy (non-hydrogen) atoms. The van der Waals surface area contributed by atoms with Crippen LogP contribution in [0.15, 0.2) is 41.3 Å². The molecule has 116 valence electrons. The summed E-state index contributed by atoms with van der Waals surface area (Å²) in [6.45, 7) is 1.84. The summed E-state index contributed by atoms with van der Waals surface area (Å²) in [5.74, 6) is 0.0275. The summed E-state index contributed by atoms with van der Waals surface area (Å²) in [7, 11) is -3.76. The summed E-state index contributed by atoms with van der Waals surface area (Å²) in [6.07, 6.45) is 0.901. The second kappa shape index (κ2) is 5.94. The maximum atomic E-state index is 11.7. The molecule has 6 nitrogen and oxygen atoms in total. The minimum Gasteiger partial charge on any atom is -0.449 e. The van der Waals surface area contributed by atoms with E-state index in [2.05, 4.69) is 0 Å². The van der Waals surface area contributed by atoms with Gasteiger partial charge in [0.15, 0.2) is 9.84 Å². The van der Waals surface area contributed by atoms with Crippen LogP contribution in [0.25, 0.3) is 0 Å². The number of nitrogens with zero attached hydrogens (tertiary/aromatic N) is 1. The first kappa shape index (κ1) is 16.3. The lowest BCUT2D eigenvalue weighted by Gasteiger charge is -2.10. The molecule has 0 N–H and O–H groups in total. The van der Waals surface area contributed by atoms with Gasteiger partial charge in [0.2, 0.25) is 5.75 Å². The van der Waals surface area contributed by atoms with E-state index in [1.807, 2.05) is 6.92 Å². The number of nitro benzene ring substituents is 1. The predicted molar refractivity (Wildman–Crippen MR) is 82.5 cm³/mol. The fraction of sp³-hybridized carbons (Fsp3) is 0.143. The standard InChI is InChI=1S/C14H12ClNO5S/c1-9-6-7-11(10(15)8-9)21-12-4-3-5-13(22(2,19)20)14(12)16(17)18/h3-8H,1-2H3. The van der Waals surface area contributed by atoms with Crippen molar-refractivity contribution in [3.8, 4) is 11.5 Å². The highest BCUT2D eigenvalue weighted by atomic mass is 35.5. The molecule has 0 fully saturated rings. The Kier molecular flexibility index (Phi) is 4.39. The number of aryl methyl sites for hydroxylation is 1. The second-order valence-electron chi connectivity index (χ2n) is 4.67. The van der Waals surface area contributed by atoms with E-state index in [1.165, 1.54) is 12.1 Å². The van der Waals surface area contributed by atoms with Gasteiger partial charge in [-0.1, -0.05) is 23.7 Å². The van der Waals surface area contributed by atoms with Crippen molar-refractivity contribution in [1.29, 1.82) is 0 Å². The predicted octanol–water partition coefficient (Wildman–Crippen LogP) is 3.75. The largest absolute Gasteiger partial charge is 0.449 e. The maximum absolute atomic E-state index is 11.7. The molecule has 0 atom stereocenters. The topological polar surface area (TPSA) is 86.5 Å². The van der Waals surface area contributed by atoms with E-state index >= 15 is 0 Å². The van der Waals surface area contributed by atoms with Crippen molar-refractivity contribution in [3.05, 3.63) is 57.1 Å². The van der Waals surface area contributed by atoms with Crippen LogP contribution in [-0.2, 0) is 9.84 Å². The van der Waals surface area contributed by atoms with Crippen molar-refractivity contribution < 1.29 is 18.1 Å². The number of benzene rings is 2. The second-order valence-corrected chi connectivity index (χ2v) is 7.06. The Labute approximate surface area is 132 Å². The van der Waals surface area contributed by atoms with Crippen molar-refractivity contribution in [2.45, 2.75) is 11.8 Å². The van der Waals surface area contributed by atoms with Gasteiger partial charge in [0.25, 0.3) is 0 Å². The molecule has 2 aromatic rings. The molecule has 0 saturated heterocycles. The molecular formula is C14H12ClNO5S. The lowest BCUT2D eigenvalue weighted by molar-refractivity contribution is -0.388. The van der Waals surface area contributed by atoms with E-state index in [9.17, 15) is 18.5 Å². The molecule has 0 heterocycles.